The maximum Gasteiger partial charge on any atom is 0.221 e. The van der Waals surface area contributed by atoms with E-state index in [9.17, 15) is 9.18 Å². The summed E-state index contributed by atoms with van der Waals surface area (Å²) >= 11 is 1.87. The van der Waals surface area contributed by atoms with E-state index in [-0.39, 0.29) is 36.3 Å². The van der Waals surface area contributed by atoms with Crippen LogP contribution in [0.2, 0.25) is 0 Å². The first kappa shape index (κ1) is 19.1. The van der Waals surface area contributed by atoms with E-state index in [1.807, 2.05) is 18.7 Å². The number of ether oxygens (including phenoxy) is 1. The first-order valence-corrected chi connectivity index (χ1v) is 8.29. The van der Waals surface area contributed by atoms with Crippen LogP contribution in [0, 0.1) is 5.82 Å². The Balaban J connectivity index is 0.00000242. The van der Waals surface area contributed by atoms with Gasteiger partial charge in [0.25, 0.3) is 0 Å². The quantitative estimate of drug-likeness (QED) is 0.827. The van der Waals surface area contributed by atoms with Crippen molar-refractivity contribution in [3.8, 4) is 5.75 Å². The number of thioether (sulfide) groups is 1. The second-order valence-electron chi connectivity index (χ2n) is 5.12. The number of carbonyl (C=O) groups excluding carboxylic acids is 1. The van der Waals surface area contributed by atoms with Crippen LogP contribution in [-0.4, -0.2) is 42.6 Å². The normalized spacial score (nSPS) is 18.9. The molecule has 4 nitrogen and oxygen atoms in total. The van der Waals surface area contributed by atoms with Crippen LogP contribution in [0.5, 0.6) is 5.75 Å². The Morgan fingerprint density at radius 2 is 2.23 bits per heavy atom. The molecule has 2 N–H and O–H groups in total. The molecule has 7 heteroatoms. The number of nitrogens with one attached hydrogen (secondary N) is 2. The number of benzene rings is 1. The summed E-state index contributed by atoms with van der Waals surface area (Å²) in [6.45, 7) is 3.28. The van der Waals surface area contributed by atoms with E-state index >= 15 is 0 Å². The van der Waals surface area contributed by atoms with Gasteiger partial charge in [-0.05, 0) is 31.2 Å². The molecule has 0 aliphatic carbocycles. The minimum Gasteiger partial charge on any atom is -0.489 e. The van der Waals surface area contributed by atoms with Crippen molar-refractivity contribution in [2.45, 2.75) is 25.5 Å². The summed E-state index contributed by atoms with van der Waals surface area (Å²) in [5, 5.41) is 6.21. The maximum atomic E-state index is 12.8. The lowest BCUT2D eigenvalue weighted by atomic mass is 10.2. The number of rotatable bonds is 6. The molecule has 0 saturated carbocycles. The molecular weight excluding hydrogens is 327 g/mol. The molecule has 2 rings (SSSR count). The van der Waals surface area contributed by atoms with E-state index in [1.54, 1.807) is 12.1 Å². The molecule has 1 aromatic rings. The number of carbonyl (C=O) groups is 1. The summed E-state index contributed by atoms with van der Waals surface area (Å²) in [6, 6.07) is 6.13. The Kier molecular flexibility index (Phi) is 8.60. The van der Waals surface area contributed by atoms with Crippen molar-refractivity contribution in [2.24, 2.45) is 0 Å². The van der Waals surface area contributed by atoms with Gasteiger partial charge in [0, 0.05) is 30.5 Å². The maximum absolute atomic E-state index is 12.8. The molecule has 1 aliphatic rings. The summed E-state index contributed by atoms with van der Waals surface area (Å²) < 4.78 is 18.4. The molecule has 0 spiro atoms. The van der Waals surface area contributed by atoms with Crippen LogP contribution in [0.3, 0.4) is 0 Å². The average Bonchev–Trinajstić information content (AvgIpc) is 2.49. The monoisotopic (exact) mass is 348 g/mol. The van der Waals surface area contributed by atoms with Crippen molar-refractivity contribution in [3.63, 3.8) is 0 Å². The highest BCUT2D eigenvalue weighted by Crippen LogP contribution is 2.13. The van der Waals surface area contributed by atoms with Crippen molar-refractivity contribution < 1.29 is 13.9 Å². The van der Waals surface area contributed by atoms with Gasteiger partial charge in [0.15, 0.2) is 0 Å². The van der Waals surface area contributed by atoms with Crippen molar-refractivity contribution in [1.82, 2.24) is 10.6 Å². The SMILES string of the molecule is CC(CNC(=O)CC1CSCCN1)Oc1ccc(F)cc1.Cl. The lowest BCUT2D eigenvalue weighted by Crippen LogP contribution is -2.42. The fourth-order valence-corrected chi connectivity index (χ4v) is 3.04. The van der Waals surface area contributed by atoms with Gasteiger partial charge >= 0.3 is 0 Å². The number of hydrogen-bond donors (Lipinski definition) is 2. The van der Waals surface area contributed by atoms with Gasteiger partial charge in [0.1, 0.15) is 17.7 Å². The second kappa shape index (κ2) is 9.92. The number of halogens is 2. The average molecular weight is 349 g/mol. The van der Waals surface area contributed by atoms with Gasteiger partial charge in [0.05, 0.1) is 6.54 Å². The van der Waals surface area contributed by atoms with Gasteiger partial charge in [-0.25, -0.2) is 4.39 Å². The zero-order chi connectivity index (χ0) is 15.1. The Morgan fingerprint density at radius 1 is 1.50 bits per heavy atom. The Bertz CT molecular complexity index is 455. The smallest absolute Gasteiger partial charge is 0.221 e. The highest BCUT2D eigenvalue weighted by Gasteiger charge is 2.17. The van der Waals surface area contributed by atoms with Gasteiger partial charge in [-0.1, -0.05) is 0 Å². The van der Waals surface area contributed by atoms with Crippen LogP contribution in [0.15, 0.2) is 24.3 Å². The van der Waals surface area contributed by atoms with Crippen LogP contribution in [0.4, 0.5) is 4.39 Å². The lowest BCUT2D eigenvalue weighted by molar-refractivity contribution is -0.121. The number of amides is 1. The fraction of sp³-hybridized carbons (Fsp3) is 0.533. The summed E-state index contributed by atoms with van der Waals surface area (Å²) in [5.74, 6) is 2.43. The summed E-state index contributed by atoms with van der Waals surface area (Å²) in [5.41, 5.74) is 0. The third-order valence-electron chi connectivity index (χ3n) is 3.17. The lowest BCUT2D eigenvalue weighted by Gasteiger charge is -2.23. The van der Waals surface area contributed by atoms with Crippen LogP contribution >= 0.6 is 24.2 Å². The molecule has 1 heterocycles. The van der Waals surface area contributed by atoms with Crippen molar-refractivity contribution in [2.75, 3.05) is 24.6 Å². The van der Waals surface area contributed by atoms with Gasteiger partial charge in [-0.2, -0.15) is 11.8 Å². The van der Waals surface area contributed by atoms with Crippen LogP contribution < -0.4 is 15.4 Å². The molecular formula is C15H22ClFN2O2S. The minimum atomic E-state index is -0.291. The molecule has 2 unspecified atom stereocenters. The van der Waals surface area contributed by atoms with E-state index in [0.29, 0.717) is 18.7 Å². The molecule has 0 radical (unpaired) electrons. The van der Waals surface area contributed by atoms with E-state index < -0.39 is 0 Å². The largest absolute Gasteiger partial charge is 0.489 e. The van der Waals surface area contributed by atoms with E-state index in [1.165, 1.54) is 12.1 Å². The zero-order valence-corrected chi connectivity index (χ0v) is 14.1. The Labute approximate surface area is 141 Å². The molecule has 0 aromatic heterocycles. The number of hydrogen-bond acceptors (Lipinski definition) is 4. The molecule has 124 valence electrons. The summed E-state index contributed by atoms with van der Waals surface area (Å²) in [4.78, 5) is 11.8. The molecule has 0 bridgehead atoms. The second-order valence-corrected chi connectivity index (χ2v) is 6.27. The predicted molar refractivity (Wildman–Crippen MR) is 90.5 cm³/mol. The molecule has 1 fully saturated rings. The third-order valence-corrected chi connectivity index (χ3v) is 4.30. The van der Waals surface area contributed by atoms with E-state index in [4.69, 9.17) is 4.74 Å². The molecule has 1 amide bonds. The standard InChI is InChI=1S/C15H21FN2O2S.ClH/c1-11(20-14-4-2-12(16)3-5-14)9-18-15(19)8-13-10-21-7-6-17-13;/h2-5,11,13,17H,6-10H2,1H3,(H,18,19);1H. The first-order chi connectivity index (χ1) is 10.1. The van der Waals surface area contributed by atoms with Crippen molar-refractivity contribution in [1.29, 1.82) is 0 Å². The summed E-state index contributed by atoms with van der Waals surface area (Å²) in [6.07, 6.45) is 0.337. The van der Waals surface area contributed by atoms with Gasteiger partial charge < -0.3 is 15.4 Å². The topological polar surface area (TPSA) is 50.4 Å². The first-order valence-electron chi connectivity index (χ1n) is 7.13. The highest BCUT2D eigenvalue weighted by molar-refractivity contribution is 7.99. The van der Waals surface area contributed by atoms with E-state index in [2.05, 4.69) is 10.6 Å². The van der Waals surface area contributed by atoms with Gasteiger partial charge in [-0.3, -0.25) is 4.79 Å². The van der Waals surface area contributed by atoms with Crippen molar-refractivity contribution >= 4 is 30.1 Å². The molecule has 1 aliphatic heterocycles. The Hall–Kier alpha value is -0.980. The van der Waals surface area contributed by atoms with E-state index in [0.717, 1.165) is 18.1 Å². The minimum absolute atomic E-state index is 0. The molecule has 1 saturated heterocycles. The summed E-state index contributed by atoms with van der Waals surface area (Å²) in [7, 11) is 0. The van der Waals surface area contributed by atoms with Gasteiger partial charge in [0.2, 0.25) is 5.91 Å². The van der Waals surface area contributed by atoms with Crippen LogP contribution in [-0.2, 0) is 4.79 Å². The van der Waals surface area contributed by atoms with Crippen molar-refractivity contribution in [3.05, 3.63) is 30.1 Å². The molecule has 1 aromatic carbocycles. The molecule has 2 atom stereocenters. The fourth-order valence-electron chi connectivity index (χ4n) is 2.09. The Morgan fingerprint density at radius 3 is 2.86 bits per heavy atom. The van der Waals surface area contributed by atoms with Gasteiger partial charge in [-0.15, -0.1) is 12.4 Å². The highest BCUT2D eigenvalue weighted by atomic mass is 35.5. The third kappa shape index (κ3) is 6.85. The predicted octanol–water partition coefficient (Wildman–Crippen LogP) is 2.23. The zero-order valence-electron chi connectivity index (χ0n) is 12.5. The van der Waals surface area contributed by atoms with Crippen LogP contribution in [0.25, 0.3) is 0 Å². The molecule has 22 heavy (non-hydrogen) atoms. The van der Waals surface area contributed by atoms with Crippen LogP contribution in [0.1, 0.15) is 13.3 Å².